The Labute approximate surface area is 188 Å². The van der Waals surface area contributed by atoms with Crippen LogP contribution in [0.15, 0.2) is 41.3 Å². The number of benzene rings is 2. The van der Waals surface area contributed by atoms with Crippen LogP contribution in [0.3, 0.4) is 0 Å². The zero-order chi connectivity index (χ0) is 22.6. The first kappa shape index (κ1) is 23.5. The maximum Gasteiger partial charge on any atom is 0.258 e. The molecule has 1 N–H and O–H groups in total. The van der Waals surface area contributed by atoms with Crippen molar-refractivity contribution < 1.29 is 17.6 Å². The van der Waals surface area contributed by atoms with Crippen molar-refractivity contribution in [1.29, 1.82) is 0 Å². The molecule has 2 aromatic carbocycles. The minimum atomic E-state index is -3.82. The molecule has 0 aliphatic carbocycles. The van der Waals surface area contributed by atoms with Gasteiger partial charge in [0.2, 0.25) is 10.0 Å². The van der Waals surface area contributed by atoms with E-state index in [4.69, 9.17) is 11.6 Å². The molecule has 0 radical (unpaired) electrons. The van der Waals surface area contributed by atoms with Crippen LogP contribution in [0.4, 0.5) is 15.8 Å². The third-order valence-corrected chi connectivity index (χ3v) is 7.71. The number of nitrogens with zero attached hydrogens (tertiary/aromatic N) is 2. The van der Waals surface area contributed by atoms with E-state index in [1.54, 1.807) is 26.0 Å². The summed E-state index contributed by atoms with van der Waals surface area (Å²) < 4.78 is 41.3. The summed E-state index contributed by atoms with van der Waals surface area (Å²) in [6, 6.07) is 8.48. The molecule has 1 amide bonds. The van der Waals surface area contributed by atoms with Gasteiger partial charge >= 0.3 is 0 Å². The van der Waals surface area contributed by atoms with Gasteiger partial charge in [-0.1, -0.05) is 25.4 Å². The molecule has 0 aromatic heterocycles. The lowest BCUT2D eigenvalue weighted by Gasteiger charge is -2.30. The Bertz CT molecular complexity index is 1050. The molecule has 0 spiro atoms. The van der Waals surface area contributed by atoms with Gasteiger partial charge in [0.25, 0.3) is 5.91 Å². The molecule has 31 heavy (non-hydrogen) atoms. The highest BCUT2D eigenvalue weighted by atomic mass is 35.5. The summed E-state index contributed by atoms with van der Waals surface area (Å²) in [5.74, 6) is -1.52. The highest BCUT2D eigenvalue weighted by molar-refractivity contribution is 7.89. The molecule has 3 rings (SSSR count). The zero-order valence-electron chi connectivity index (χ0n) is 17.7. The van der Waals surface area contributed by atoms with E-state index in [9.17, 15) is 17.6 Å². The van der Waals surface area contributed by atoms with Gasteiger partial charge in [0.1, 0.15) is 5.82 Å². The van der Waals surface area contributed by atoms with Crippen LogP contribution in [0.1, 0.15) is 43.5 Å². The third-order valence-electron chi connectivity index (χ3n) is 5.43. The lowest BCUT2D eigenvalue weighted by atomic mass is 10.1. The Morgan fingerprint density at radius 3 is 2.42 bits per heavy atom. The molecule has 1 fully saturated rings. The standard InChI is InChI=1S/C22H27ClFN3O3S/c1-3-27(4-2)31(29,30)17-9-10-19(24)18(15-17)22(28)25-20-14-16(23)8-11-21(20)26-12-6-5-7-13-26/h8-11,14-15H,3-7,12-13H2,1-2H3,(H,25,28). The Morgan fingerprint density at radius 1 is 1.10 bits per heavy atom. The van der Waals surface area contributed by atoms with Gasteiger partial charge in [-0.3, -0.25) is 4.79 Å². The van der Waals surface area contributed by atoms with Gasteiger partial charge in [-0.25, -0.2) is 12.8 Å². The highest BCUT2D eigenvalue weighted by Crippen LogP contribution is 2.32. The second kappa shape index (κ2) is 9.97. The van der Waals surface area contributed by atoms with Crippen LogP contribution in [-0.2, 0) is 10.0 Å². The second-order valence-electron chi connectivity index (χ2n) is 7.39. The van der Waals surface area contributed by atoms with Gasteiger partial charge in [-0.05, 0) is 55.7 Å². The average molecular weight is 468 g/mol. The topological polar surface area (TPSA) is 69.7 Å². The van der Waals surface area contributed by atoms with Crippen LogP contribution < -0.4 is 10.2 Å². The molecule has 168 valence electrons. The van der Waals surface area contributed by atoms with E-state index in [2.05, 4.69) is 10.2 Å². The summed E-state index contributed by atoms with van der Waals surface area (Å²) in [6.07, 6.45) is 3.26. The minimum Gasteiger partial charge on any atom is -0.370 e. The molecule has 0 saturated carbocycles. The minimum absolute atomic E-state index is 0.120. The summed E-state index contributed by atoms with van der Waals surface area (Å²) >= 11 is 6.14. The smallest absolute Gasteiger partial charge is 0.258 e. The first-order chi connectivity index (χ1) is 14.8. The van der Waals surface area contributed by atoms with Gasteiger partial charge in [0, 0.05) is 31.2 Å². The number of piperidine rings is 1. The van der Waals surface area contributed by atoms with Crippen molar-refractivity contribution in [1.82, 2.24) is 4.31 Å². The number of halogens is 2. The number of sulfonamides is 1. The first-order valence-electron chi connectivity index (χ1n) is 10.4. The summed E-state index contributed by atoms with van der Waals surface area (Å²) in [5.41, 5.74) is 0.943. The molecule has 1 heterocycles. The SMILES string of the molecule is CCN(CC)S(=O)(=O)c1ccc(F)c(C(=O)Nc2cc(Cl)ccc2N2CCCCC2)c1. The summed E-state index contributed by atoms with van der Waals surface area (Å²) in [5, 5.41) is 3.17. The Balaban J connectivity index is 1.93. The van der Waals surface area contributed by atoms with Crippen LogP contribution in [0, 0.1) is 5.82 Å². The van der Waals surface area contributed by atoms with Crippen LogP contribution >= 0.6 is 11.6 Å². The molecule has 1 aliphatic rings. The average Bonchev–Trinajstić information content (AvgIpc) is 2.75. The van der Waals surface area contributed by atoms with Crippen LogP contribution in [0.5, 0.6) is 0 Å². The van der Waals surface area contributed by atoms with E-state index in [-0.39, 0.29) is 23.5 Å². The fraction of sp³-hybridized carbons (Fsp3) is 0.409. The van der Waals surface area contributed by atoms with Gasteiger partial charge < -0.3 is 10.2 Å². The van der Waals surface area contributed by atoms with Gasteiger partial charge in [-0.15, -0.1) is 0 Å². The molecule has 9 heteroatoms. The highest BCUT2D eigenvalue weighted by Gasteiger charge is 2.25. The van der Waals surface area contributed by atoms with E-state index in [0.29, 0.717) is 10.7 Å². The van der Waals surface area contributed by atoms with Gasteiger partial charge in [0.05, 0.1) is 21.8 Å². The van der Waals surface area contributed by atoms with Crippen molar-refractivity contribution in [3.63, 3.8) is 0 Å². The summed E-state index contributed by atoms with van der Waals surface area (Å²) in [6.45, 7) is 5.71. The number of amides is 1. The fourth-order valence-electron chi connectivity index (χ4n) is 3.76. The third kappa shape index (κ3) is 5.19. The van der Waals surface area contributed by atoms with Crippen LogP contribution in [0.2, 0.25) is 5.02 Å². The number of carbonyl (C=O) groups is 1. The van der Waals surface area contributed by atoms with Crippen LogP contribution in [0.25, 0.3) is 0 Å². The molecular formula is C22H27ClFN3O3S. The molecule has 0 atom stereocenters. The number of carbonyl (C=O) groups excluding carboxylic acids is 1. The molecule has 1 aliphatic heterocycles. The predicted molar refractivity (Wildman–Crippen MR) is 122 cm³/mol. The fourth-order valence-corrected chi connectivity index (χ4v) is 5.42. The lowest BCUT2D eigenvalue weighted by Crippen LogP contribution is -2.31. The number of hydrogen-bond donors (Lipinski definition) is 1. The van der Waals surface area contributed by atoms with E-state index in [0.717, 1.165) is 50.2 Å². The number of hydrogen-bond acceptors (Lipinski definition) is 4. The second-order valence-corrected chi connectivity index (χ2v) is 9.77. The molecule has 1 saturated heterocycles. The van der Waals surface area contributed by atoms with Crippen LogP contribution in [-0.4, -0.2) is 44.8 Å². The first-order valence-corrected chi connectivity index (χ1v) is 12.2. The molecule has 2 aromatic rings. The largest absolute Gasteiger partial charge is 0.370 e. The Hall–Kier alpha value is -2.16. The molecule has 0 bridgehead atoms. The summed E-state index contributed by atoms with van der Waals surface area (Å²) in [4.78, 5) is 15.0. The van der Waals surface area contributed by atoms with Crippen molar-refractivity contribution >= 4 is 38.9 Å². The molecular weight excluding hydrogens is 441 g/mol. The van der Waals surface area contributed by atoms with Crippen molar-refractivity contribution in [3.8, 4) is 0 Å². The number of anilines is 2. The van der Waals surface area contributed by atoms with Crippen molar-refractivity contribution in [2.45, 2.75) is 38.0 Å². The van der Waals surface area contributed by atoms with E-state index < -0.39 is 21.7 Å². The van der Waals surface area contributed by atoms with E-state index >= 15 is 0 Å². The maximum absolute atomic E-state index is 14.5. The van der Waals surface area contributed by atoms with Crippen molar-refractivity contribution in [3.05, 3.63) is 52.8 Å². The quantitative estimate of drug-likeness (QED) is 0.637. The predicted octanol–water partition coefficient (Wildman–Crippen LogP) is 4.75. The zero-order valence-corrected chi connectivity index (χ0v) is 19.3. The Kier molecular flexibility index (Phi) is 7.56. The Morgan fingerprint density at radius 2 is 1.77 bits per heavy atom. The van der Waals surface area contributed by atoms with Gasteiger partial charge in [0.15, 0.2) is 0 Å². The van der Waals surface area contributed by atoms with Crippen molar-refractivity contribution in [2.24, 2.45) is 0 Å². The van der Waals surface area contributed by atoms with E-state index in [1.165, 1.54) is 10.4 Å². The molecule has 0 unspecified atom stereocenters. The maximum atomic E-state index is 14.5. The lowest BCUT2D eigenvalue weighted by molar-refractivity contribution is 0.102. The normalized spacial score (nSPS) is 14.7. The monoisotopic (exact) mass is 467 g/mol. The van der Waals surface area contributed by atoms with E-state index in [1.807, 2.05) is 6.07 Å². The van der Waals surface area contributed by atoms with Crippen molar-refractivity contribution in [2.75, 3.05) is 36.4 Å². The molecule has 6 nitrogen and oxygen atoms in total. The summed E-state index contributed by atoms with van der Waals surface area (Å²) in [7, 11) is -3.82. The number of rotatable bonds is 7. The van der Waals surface area contributed by atoms with Gasteiger partial charge in [-0.2, -0.15) is 4.31 Å². The number of nitrogens with one attached hydrogen (secondary N) is 1.